The molecule has 0 spiro atoms. The van der Waals surface area contributed by atoms with Crippen LogP contribution in [0.1, 0.15) is 12.5 Å². The van der Waals surface area contributed by atoms with Crippen molar-refractivity contribution in [3.8, 4) is 5.75 Å². The quantitative estimate of drug-likeness (QED) is 0.858. The fourth-order valence-corrected chi connectivity index (χ4v) is 1.23. The first-order valence-electron chi connectivity index (χ1n) is 4.90. The molecule has 0 radical (unpaired) electrons. The first-order chi connectivity index (χ1) is 7.54. The van der Waals surface area contributed by atoms with Gasteiger partial charge in [-0.15, -0.1) is 12.4 Å². The van der Waals surface area contributed by atoms with E-state index >= 15 is 0 Å². The number of methoxy groups -OCH3 is 1. The topological polar surface area (TPSA) is 64.3 Å². The molecule has 1 unspecified atom stereocenters. The van der Waals surface area contributed by atoms with Crippen molar-refractivity contribution in [2.45, 2.75) is 19.5 Å². The Kier molecular flexibility index (Phi) is 6.53. The predicted octanol–water partition coefficient (Wildman–Crippen LogP) is 1.22. The minimum atomic E-state index is -0.584. The van der Waals surface area contributed by atoms with Gasteiger partial charge in [0.15, 0.2) is 0 Å². The van der Waals surface area contributed by atoms with E-state index in [0.717, 1.165) is 0 Å². The smallest absolute Gasteiger partial charge is 0.236 e. The molecule has 1 atom stereocenters. The van der Waals surface area contributed by atoms with Gasteiger partial charge in [0, 0.05) is 12.1 Å². The van der Waals surface area contributed by atoms with Gasteiger partial charge < -0.3 is 15.8 Å². The van der Waals surface area contributed by atoms with Gasteiger partial charge in [0.1, 0.15) is 11.6 Å². The average Bonchev–Trinajstić information content (AvgIpc) is 2.25. The second kappa shape index (κ2) is 7.09. The summed E-state index contributed by atoms with van der Waals surface area (Å²) in [4.78, 5) is 11.2. The summed E-state index contributed by atoms with van der Waals surface area (Å²) in [7, 11) is 1.49. The van der Waals surface area contributed by atoms with Gasteiger partial charge in [-0.2, -0.15) is 0 Å². The van der Waals surface area contributed by atoms with Crippen molar-refractivity contribution in [2.24, 2.45) is 5.73 Å². The summed E-state index contributed by atoms with van der Waals surface area (Å²) in [6.07, 6.45) is 0. The standard InChI is InChI=1S/C11H15FN2O2.ClH/c1-7(13)11(15)14-6-8-5-9(12)3-4-10(8)16-2;/h3-5,7H,6,13H2,1-2H3,(H,14,15);1H. The molecule has 1 amide bonds. The molecule has 3 N–H and O–H groups in total. The van der Waals surface area contributed by atoms with Crippen LogP contribution in [-0.2, 0) is 11.3 Å². The Bertz CT molecular complexity index is 386. The third kappa shape index (κ3) is 4.58. The van der Waals surface area contributed by atoms with Gasteiger partial charge in [0.25, 0.3) is 0 Å². The number of halogens is 2. The fraction of sp³-hybridized carbons (Fsp3) is 0.364. The Balaban J connectivity index is 0.00000256. The number of benzene rings is 1. The fourth-order valence-electron chi connectivity index (χ4n) is 1.23. The zero-order valence-electron chi connectivity index (χ0n) is 9.70. The molecule has 1 aromatic rings. The molecule has 0 heterocycles. The summed E-state index contributed by atoms with van der Waals surface area (Å²) >= 11 is 0. The Morgan fingerprint density at radius 1 is 1.59 bits per heavy atom. The van der Waals surface area contributed by atoms with Crippen LogP contribution in [-0.4, -0.2) is 19.1 Å². The molecule has 0 aliphatic rings. The first kappa shape index (κ1) is 15.7. The molecular formula is C11H16ClFN2O2. The normalized spacial score (nSPS) is 11.3. The van der Waals surface area contributed by atoms with E-state index in [4.69, 9.17) is 10.5 Å². The molecule has 17 heavy (non-hydrogen) atoms. The Morgan fingerprint density at radius 3 is 2.76 bits per heavy atom. The van der Waals surface area contributed by atoms with E-state index in [1.807, 2.05) is 0 Å². The van der Waals surface area contributed by atoms with Crippen molar-refractivity contribution in [1.82, 2.24) is 5.32 Å². The van der Waals surface area contributed by atoms with E-state index in [-0.39, 0.29) is 30.7 Å². The van der Waals surface area contributed by atoms with Gasteiger partial charge >= 0.3 is 0 Å². The Labute approximate surface area is 106 Å². The largest absolute Gasteiger partial charge is 0.496 e. The number of amides is 1. The molecule has 0 fully saturated rings. The summed E-state index contributed by atoms with van der Waals surface area (Å²) in [6, 6.07) is 3.55. The van der Waals surface area contributed by atoms with Crippen molar-refractivity contribution < 1.29 is 13.9 Å². The number of carbonyl (C=O) groups excluding carboxylic acids is 1. The molecule has 1 aromatic carbocycles. The van der Waals surface area contributed by atoms with Crippen molar-refractivity contribution in [2.75, 3.05) is 7.11 Å². The van der Waals surface area contributed by atoms with Crippen LogP contribution in [0.2, 0.25) is 0 Å². The summed E-state index contributed by atoms with van der Waals surface area (Å²) in [6.45, 7) is 1.78. The SMILES string of the molecule is COc1ccc(F)cc1CNC(=O)C(C)N.Cl. The highest BCUT2D eigenvalue weighted by atomic mass is 35.5. The number of nitrogens with two attached hydrogens (primary N) is 1. The van der Waals surface area contributed by atoms with E-state index in [0.29, 0.717) is 11.3 Å². The number of nitrogens with one attached hydrogen (secondary N) is 1. The van der Waals surface area contributed by atoms with Gasteiger partial charge in [-0.25, -0.2) is 4.39 Å². The number of hydrogen-bond acceptors (Lipinski definition) is 3. The van der Waals surface area contributed by atoms with Gasteiger partial charge in [0.05, 0.1) is 13.2 Å². The zero-order chi connectivity index (χ0) is 12.1. The van der Waals surface area contributed by atoms with Crippen molar-refractivity contribution in [3.63, 3.8) is 0 Å². The van der Waals surface area contributed by atoms with E-state index in [9.17, 15) is 9.18 Å². The number of carbonyl (C=O) groups is 1. The maximum Gasteiger partial charge on any atom is 0.236 e. The van der Waals surface area contributed by atoms with E-state index in [1.54, 1.807) is 6.92 Å². The third-order valence-corrected chi connectivity index (χ3v) is 2.11. The van der Waals surface area contributed by atoms with E-state index in [2.05, 4.69) is 5.32 Å². The lowest BCUT2D eigenvalue weighted by atomic mass is 10.2. The average molecular weight is 263 g/mol. The van der Waals surface area contributed by atoms with Gasteiger partial charge in [-0.05, 0) is 25.1 Å². The minimum absolute atomic E-state index is 0. The lowest BCUT2D eigenvalue weighted by Crippen LogP contribution is -2.37. The number of ether oxygens (including phenoxy) is 1. The molecule has 0 aromatic heterocycles. The zero-order valence-corrected chi connectivity index (χ0v) is 10.5. The third-order valence-electron chi connectivity index (χ3n) is 2.11. The van der Waals surface area contributed by atoms with Crippen molar-refractivity contribution >= 4 is 18.3 Å². The van der Waals surface area contributed by atoms with Crippen LogP contribution in [0.5, 0.6) is 5.75 Å². The first-order valence-corrected chi connectivity index (χ1v) is 4.90. The molecule has 0 bridgehead atoms. The second-order valence-corrected chi connectivity index (χ2v) is 3.46. The second-order valence-electron chi connectivity index (χ2n) is 3.46. The van der Waals surface area contributed by atoms with Crippen LogP contribution in [0.15, 0.2) is 18.2 Å². The van der Waals surface area contributed by atoms with Crippen LogP contribution in [0.4, 0.5) is 4.39 Å². The van der Waals surface area contributed by atoms with Crippen LogP contribution in [0, 0.1) is 5.82 Å². The monoisotopic (exact) mass is 262 g/mol. The molecule has 0 saturated carbocycles. The highest BCUT2D eigenvalue weighted by Crippen LogP contribution is 2.18. The summed E-state index contributed by atoms with van der Waals surface area (Å²) in [5.74, 6) is -0.122. The van der Waals surface area contributed by atoms with Gasteiger partial charge in [-0.1, -0.05) is 0 Å². The molecular weight excluding hydrogens is 247 g/mol. The van der Waals surface area contributed by atoms with Crippen molar-refractivity contribution in [3.05, 3.63) is 29.6 Å². The molecule has 0 aliphatic carbocycles. The van der Waals surface area contributed by atoms with Crippen LogP contribution >= 0.6 is 12.4 Å². The highest BCUT2D eigenvalue weighted by Gasteiger charge is 2.09. The molecule has 6 heteroatoms. The van der Waals surface area contributed by atoms with Crippen LogP contribution in [0.3, 0.4) is 0 Å². The molecule has 4 nitrogen and oxygen atoms in total. The van der Waals surface area contributed by atoms with E-state index in [1.165, 1.54) is 25.3 Å². The molecule has 0 aliphatic heterocycles. The van der Waals surface area contributed by atoms with Crippen molar-refractivity contribution in [1.29, 1.82) is 0 Å². The lowest BCUT2D eigenvalue weighted by molar-refractivity contribution is -0.122. The highest BCUT2D eigenvalue weighted by molar-refractivity contribution is 5.85. The Morgan fingerprint density at radius 2 is 2.24 bits per heavy atom. The molecule has 96 valence electrons. The lowest BCUT2D eigenvalue weighted by Gasteiger charge is -2.11. The van der Waals surface area contributed by atoms with Crippen LogP contribution < -0.4 is 15.8 Å². The molecule has 0 saturated heterocycles. The minimum Gasteiger partial charge on any atom is -0.496 e. The maximum absolute atomic E-state index is 13.0. The van der Waals surface area contributed by atoms with Crippen LogP contribution in [0.25, 0.3) is 0 Å². The summed E-state index contributed by atoms with van der Waals surface area (Å²) < 4.78 is 18.0. The summed E-state index contributed by atoms with van der Waals surface area (Å²) in [5.41, 5.74) is 5.96. The number of rotatable bonds is 4. The Hall–Kier alpha value is -1.33. The molecule has 1 rings (SSSR count). The maximum atomic E-state index is 13.0. The van der Waals surface area contributed by atoms with Gasteiger partial charge in [-0.3, -0.25) is 4.79 Å². The summed E-state index contributed by atoms with van der Waals surface area (Å²) in [5, 5.41) is 2.59. The predicted molar refractivity (Wildman–Crippen MR) is 65.7 cm³/mol. The number of hydrogen-bond donors (Lipinski definition) is 2. The van der Waals surface area contributed by atoms with E-state index < -0.39 is 6.04 Å². The van der Waals surface area contributed by atoms with Gasteiger partial charge in [0.2, 0.25) is 5.91 Å².